The number of nitrogen functional groups attached to an aromatic ring is 1. The second kappa shape index (κ2) is 9.23. The molecule has 1 aromatic heterocycles. The second-order valence-corrected chi connectivity index (χ2v) is 6.78. The lowest BCUT2D eigenvalue weighted by Crippen LogP contribution is -2.13. The van der Waals surface area contributed by atoms with E-state index in [-0.39, 0.29) is 0 Å². The zero-order chi connectivity index (χ0) is 19.9. The molecule has 0 atom stereocenters. The summed E-state index contributed by atoms with van der Waals surface area (Å²) < 4.78 is 14.0. The molecule has 3 rings (SSSR count). The molecule has 0 saturated heterocycles. The van der Waals surface area contributed by atoms with Crippen molar-refractivity contribution in [2.75, 3.05) is 17.9 Å². The van der Waals surface area contributed by atoms with Crippen molar-refractivity contribution in [3.05, 3.63) is 63.9 Å². The Labute approximate surface area is 171 Å². The van der Waals surface area contributed by atoms with Gasteiger partial charge in [0.15, 0.2) is 17.3 Å². The van der Waals surface area contributed by atoms with E-state index in [1.54, 1.807) is 13.1 Å². The molecule has 28 heavy (non-hydrogen) atoms. The summed E-state index contributed by atoms with van der Waals surface area (Å²) in [6.45, 7) is 4.66. The van der Waals surface area contributed by atoms with Gasteiger partial charge in [0, 0.05) is 4.47 Å². The van der Waals surface area contributed by atoms with Crippen molar-refractivity contribution in [1.29, 1.82) is 0 Å². The number of nitrogens with two attached hydrogens (primary N) is 1. The van der Waals surface area contributed by atoms with Gasteiger partial charge in [-0.3, -0.25) is 0 Å². The zero-order valence-electron chi connectivity index (χ0n) is 15.6. The lowest BCUT2D eigenvalue weighted by atomic mass is 10.2. The Morgan fingerprint density at radius 3 is 2.61 bits per heavy atom. The van der Waals surface area contributed by atoms with Crippen molar-refractivity contribution in [2.24, 2.45) is 5.10 Å². The minimum Gasteiger partial charge on any atom is -0.490 e. The Bertz CT molecular complexity index is 956. The molecule has 0 fully saturated rings. The van der Waals surface area contributed by atoms with Crippen LogP contribution in [-0.2, 0) is 6.61 Å². The number of halogens is 1. The number of nitrogens with zero attached hydrogens (tertiary/aromatic N) is 4. The highest BCUT2D eigenvalue weighted by atomic mass is 79.9. The molecule has 9 heteroatoms. The summed E-state index contributed by atoms with van der Waals surface area (Å²) >= 11 is 3.43. The third kappa shape index (κ3) is 5.01. The van der Waals surface area contributed by atoms with Crippen LogP contribution in [0, 0.1) is 6.92 Å². The molecule has 8 nitrogen and oxygen atoms in total. The van der Waals surface area contributed by atoms with Gasteiger partial charge in [0.05, 0.1) is 12.8 Å². The molecule has 0 amide bonds. The average molecular weight is 445 g/mol. The standard InChI is InChI=1S/C19H21BrN6O2/c1-3-27-18-10-15(11-22-24-19-25-23-13(2)26(19)21)6-9-17(18)28-12-14-4-7-16(20)8-5-14/h4-11H,3,12,21H2,1-2H3,(H,24,25)/b22-11-. The van der Waals surface area contributed by atoms with E-state index in [4.69, 9.17) is 15.3 Å². The highest BCUT2D eigenvalue weighted by Crippen LogP contribution is 2.29. The van der Waals surface area contributed by atoms with E-state index in [0.717, 1.165) is 15.6 Å². The Morgan fingerprint density at radius 1 is 1.14 bits per heavy atom. The van der Waals surface area contributed by atoms with Gasteiger partial charge in [-0.25, -0.2) is 10.1 Å². The van der Waals surface area contributed by atoms with Crippen LogP contribution in [0.1, 0.15) is 23.9 Å². The van der Waals surface area contributed by atoms with Crippen LogP contribution >= 0.6 is 15.9 Å². The smallest absolute Gasteiger partial charge is 0.263 e. The Kier molecular flexibility index (Phi) is 6.49. The van der Waals surface area contributed by atoms with Gasteiger partial charge in [0.2, 0.25) is 0 Å². The minimum atomic E-state index is 0.355. The van der Waals surface area contributed by atoms with Gasteiger partial charge in [-0.1, -0.05) is 28.1 Å². The quantitative estimate of drug-likeness (QED) is 0.313. The first kappa shape index (κ1) is 19.7. The van der Waals surface area contributed by atoms with E-state index in [1.807, 2.05) is 49.4 Å². The van der Waals surface area contributed by atoms with Crippen molar-refractivity contribution < 1.29 is 9.47 Å². The van der Waals surface area contributed by atoms with E-state index in [1.165, 1.54) is 4.68 Å². The summed E-state index contributed by atoms with van der Waals surface area (Å²) in [5.41, 5.74) is 4.67. The van der Waals surface area contributed by atoms with Gasteiger partial charge in [-0.2, -0.15) is 5.10 Å². The molecular formula is C19H21BrN6O2. The molecule has 0 radical (unpaired) electrons. The monoisotopic (exact) mass is 444 g/mol. The predicted molar refractivity (Wildman–Crippen MR) is 112 cm³/mol. The van der Waals surface area contributed by atoms with Gasteiger partial charge in [0.25, 0.3) is 5.95 Å². The molecule has 0 unspecified atom stereocenters. The highest BCUT2D eigenvalue weighted by molar-refractivity contribution is 9.10. The summed E-state index contributed by atoms with van der Waals surface area (Å²) in [5, 5.41) is 11.9. The van der Waals surface area contributed by atoms with Crippen molar-refractivity contribution in [1.82, 2.24) is 14.9 Å². The molecule has 2 aromatic carbocycles. The summed E-state index contributed by atoms with van der Waals surface area (Å²) in [4.78, 5) is 0. The summed E-state index contributed by atoms with van der Waals surface area (Å²) in [6.07, 6.45) is 1.64. The van der Waals surface area contributed by atoms with Crippen LogP contribution in [-0.4, -0.2) is 27.7 Å². The van der Waals surface area contributed by atoms with Crippen LogP contribution in [0.3, 0.4) is 0 Å². The minimum absolute atomic E-state index is 0.355. The van der Waals surface area contributed by atoms with Crippen LogP contribution in [0.15, 0.2) is 52.0 Å². The molecule has 0 bridgehead atoms. The SMILES string of the molecule is CCOc1cc(/C=N\Nc2nnc(C)n2N)ccc1OCc1ccc(Br)cc1. The number of nitrogens with one attached hydrogen (secondary N) is 1. The second-order valence-electron chi connectivity index (χ2n) is 5.87. The summed E-state index contributed by atoms with van der Waals surface area (Å²) in [5.74, 6) is 8.04. The normalized spacial score (nSPS) is 11.0. The summed E-state index contributed by atoms with van der Waals surface area (Å²) in [6, 6.07) is 13.6. The first-order valence-electron chi connectivity index (χ1n) is 8.67. The van der Waals surface area contributed by atoms with Gasteiger partial charge in [0.1, 0.15) is 6.61 Å². The molecule has 0 aliphatic rings. The van der Waals surface area contributed by atoms with Crippen molar-refractivity contribution >= 4 is 28.1 Å². The molecule has 0 saturated carbocycles. The number of rotatable bonds is 8. The lowest BCUT2D eigenvalue weighted by molar-refractivity contribution is 0.269. The number of aromatic nitrogens is 3. The fourth-order valence-corrected chi connectivity index (χ4v) is 2.61. The number of ether oxygens (including phenoxy) is 2. The van der Waals surface area contributed by atoms with Gasteiger partial charge in [-0.05, 0) is 55.3 Å². The Morgan fingerprint density at radius 2 is 1.93 bits per heavy atom. The van der Waals surface area contributed by atoms with Crippen LogP contribution in [0.25, 0.3) is 0 Å². The van der Waals surface area contributed by atoms with E-state index >= 15 is 0 Å². The molecule has 0 aliphatic carbocycles. The maximum atomic E-state index is 5.92. The topological polar surface area (TPSA) is 99.6 Å². The fraction of sp³-hybridized carbons (Fsp3) is 0.211. The fourth-order valence-electron chi connectivity index (χ4n) is 2.34. The van der Waals surface area contributed by atoms with Crippen LogP contribution in [0.2, 0.25) is 0 Å². The van der Waals surface area contributed by atoms with Crippen LogP contribution in [0.5, 0.6) is 11.5 Å². The van der Waals surface area contributed by atoms with Crippen molar-refractivity contribution in [2.45, 2.75) is 20.5 Å². The maximum absolute atomic E-state index is 5.92. The Balaban J connectivity index is 1.68. The van der Waals surface area contributed by atoms with E-state index < -0.39 is 0 Å². The molecular weight excluding hydrogens is 424 g/mol. The predicted octanol–water partition coefficient (Wildman–Crippen LogP) is 3.49. The first-order valence-corrected chi connectivity index (χ1v) is 9.46. The first-order chi connectivity index (χ1) is 13.6. The molecule has 1 heterocycles. The third-order valence-corrected chi connectivity index (χ3v) is 4.35. The summed E-state index contributed by atoms with van der Waals surface area (Å²) in [7, 11) is 0. The number of hydrazone groups is 1. The van der Waals surface area contributed by atoms with E-state index in [2.05, 4.69) is 36.7 Å². The molecule has 146 valence electrons. The van der Waals surface area contributed by atoms with Crippen LogP contribution in [0.4, 0.5) is 5.95 Å². The van der Waals surface area contributed by atoms with Crippen molar-refractivity contribution in [3.63, 3.8) is 0 Å². The number of aryl methyl sites for hydroxylation is 1. The molecule has 3 N–H and O–H groups in total. The van der Waals surface area contributed by atoms with E-state index in [0.29, 0.717) is 36.5 Å². The average Bonchev–Trinajstić information content (AvgIpc) is 3.01. The maximum Gasteiger partial charge on any atom is 0.263 e. The Hall–Kier alpha value is -3.07. The lowest BCUT2D eigenvalue weighted by Gasteiger charge is -2.12. The molecule has 3 aromatic rings. The number of anilines is 1. The molecule has 0 spiro atoms. The highest BCUT2D eigenvalue weighted by Gasteiger charge is 2.07. The van der Waals surface area contributed by atoms with Crippen LogP contribution < -0.4 is 20.7 Å². The van der Waals surface area contributed by atoms with Gasteiger partial charge >= 0.3 is 0 Å². The molecule has 0 aliphatic heterocycles. The zero-order valence-corrected chi connectivity index (χ0v) is 17.2. The third-order valence-electron chi connectivity index (χ3n) is 3.82. The number of hydrogen-bond acceptors (Lipinski definition) is 7. The number of hydrogen-bond donors (Lipinski definition) is 2. The number of benzene rings is 2. The van der Waals surface area contributed by atoms with Gasteiger partial charge in [-0.15, -0.1) is 10.2 Å². The van der Waals surface area contributed by atoms with E-state index in [9.17, 15) is 0 Å². The largest absolute Gasteiger partial charge is 0.490 e. The van der Waals surface area contributed by atoms with Gasteiger partial charge < -0.3 is 15.3 Å². The van der Waals surface area contributed by atoms with Crippen molar-refractivity contribution in [3.8, 4) is 11.5 Å².